The molecule has 208 valence electrons. The lowest BCUT2D eigenvalue weighted by atomic mass is 9.87. The van der Waals surface area contributed by atoms with Gasteiger partial charge in [-0.3, -0.25) is 14.4 Å². The van der Waals surface area contributed by atoms with E-state index in [0.29, 0.717) is 42.6 Å². The van der Waals surface area contributed by atoms with Crippen LogP contribution in [0.25, 0.3) is 0 Å². The van der Waals surface area contributed by atoms with Gasteiger partial charge in [-0.15, -0.1) is 0 Å². The minimum Gasteiger partial charge on any atom is -0.490 e. The summed E-state index contributed by atoms with van der Waals surface area (Å²) in [5.41, 5.74) is 0.665. The van der Waals surface area contributed by atoms with Gasteiger partial charge in [-0.25, -0.2) is 4.99 Å². The number of benzene rings is 2. The predicted molar refractivity (Wildman–Crippen MR) is 133 cm³/mol. The number of hydrogen-bond donors (Lipinski definition) is 3. The van der Waals surface area contributed by atoms with Gasteiger partial charge in [0.05, 0.1) is 12.0 Å². The highest BCUT2D eigenvalue weighted by molar-refractivity contribution is 5.99. The Labute approximate surface area is 222 Å². The van der Waals surface area contributed by atoms with Gasteiger partial charge in [0.2, 0.25) is 17.9 Å². The number of carbonyl (C=O) groups is 3. The van der Waals surface area contributed by atoms with E-state index >= 15 is 0 Å². The number of nitrogens with zero attached hydrogens (tertiary/aromatic N) is 1. The topological polar surface area (TPSA) is 126 Å². The molecule has 2 atom stereocenters. The molecule has 1 heterocycles. The van der Waals surface area contributed by atoms with Crippen LogP contribution < -0.4 is 15.4 Å². The number of rotatable bonds is 9. The summed E-state index contributed by atoms with van der Waals surface area (Å²) in [7, 11) is 0. The molecule has 12 heteroatoms. The molecule has 2 unspecified atom stereocenters. The summed E-state index contributed by atoms with van der Waals surface area (Å²) in [6.07, 6.45) is -4.90. The smallest absolute Gasteiger partial charge is 0.428 e. The Morgan fingerprint density at radius 1 is 0.949 bits per heavy atom. The van der Waals surface area contributed by atoms with Crippen molar-refractivity contribution in [2.75, 3.05) is 13.1 Å². The molecule has 4 rings (SSSR count). The van der Waals surface area contributed by atoms with Gasteiger partial charge in [0.1, 0.15) is 5.75 Å². The molecule has 2 aromatic carbocycles. The Kier molecular flexibility index (Phi) is 8.72. The molecule has 1 fully saturated rings. The largest absolute Gasteiger partial charge is 0.490 e. The van der Waals surface area contributed by atoms with Gasteiger partial charge in [0.25, 0.3) is 5.91 Å². The number of nitrogens with one attached hydrogen (secondary N) is 2. The summed E-state index contributed by atoms with van der Waals surface area (Å²) in [6, 6.07) is 12.6. The standard InChI is InChI=1S/C27H28F3N3O6/c28-27(29,30)22-21(33-25(39-22)17-4-2-1-3-5-17)24(35)32-15-14-31-23(34)16-6-10-19(11-7-16)38-20-12-8-18(9-13-20)26(36)37/h1-7,10-11,18,20-22H,8-9,12-15H2,(H,31,34)(H,32,35)(H,36,37)/t18-,20+,21?,22?. The lowest BCUT2D eigenvalue weighted by molar-refractivity contribution is -0.199. The van der Waals surface area contributed by atoms with E-state index in [1.165, 1.54) is 12.1 Å². The van der Waals surface area contributed by atoms with E-state index in [2.05, 4.69) is 15.6 Å². The molecule has 0 spiro atoms. The molecule has 1 aliphatic heterocycles. The highest BCUT2D eigenvalue weighted by Gasteiger charge is 2.53. The number of aliphatic carboxylic acids is 1. The van der Waals surface area contributed by atoms with E-state index in [0.717, 1.165) is 0 Å². The first-order valence-electron chi connectivity index (χ1n) is 12.5. The van der Waals surface area contributed by atoms with Crippen molar-refractivity contribution in [3.63, 3.8) is 0 Å². The number of ether oxygens (including phenoxy) is 2. The van der Waals surface area contributed by atoms with Crippen LogP contribution in [0.2, 0.25) is 0 Å². The van der Waals surface area contributed by atoms with Gasteiger partial charge in [-0.1, -0.05) is 18.2 Å². The maximum Gasteiger partial charge on any atom is 0.428 e. The lowest BCUT2D eigenvalue weighted by Crippen LogP contribution is -2.47. The molecule has 39 heavy (non-hydrogen) atoms. The number of carbonyl (C=O) groups excluding carboxylic acids is 2. The van der Waals surface area contributed by atoms with Gasteiger partial charge in [0.15, 0.2) is 6.04 Å². The van der Waals surface area contributed by atoms with Crippen LogP contribution >= 0.6 is 0 Å². The van der Waals surface area contributed by atoms with E-state index in [-0.39, 0.29) is 31.0 Å². The monoisotopic (exact) mass is 547 g/mol. The zero-order chi connectivity index (χ0) is 28.0. The summed E-state index contributed by atoms with van der Waals surface area (Å²) in [5.74, 6) is -2.21. The molecule has 2 amide bonds. The highest BCUT2D eigenvalue weighted by Crippen LogP contribution is 2.32. The molecule has 2 aromatic rings. The molecule has 9 nitrogen and oxygen atoms in total. The molecule has 1 saturated carbocycles. The van der Waals surface area contributed by atoms with E-state index in [4.69, 9.17) is 14.6 Å². The number of carboxylic acids is 1. The third kappa shape index (κ3) is 7.27. The number of hydrogen-bond acceptors (Lipinski definition) is 6. The van der Waals surface area contributed by atoms with Crippen LogP contribution in [0.4, 0.5) is 13.2 Å². The Hall–Kier alpha value is -4.09. The summed E-state index contributed by atoms with van der Waals surface area (Å²) in [6.45, 7) is -0.128. The zero-order valence-corrected chi connectivity index (χ0v) is 20.8. The molecular formula is C27H28F3N3O6. The van der Waals surface area contributed by atoms with E-state index < -0.39 is 36.1 Å². The molecule has 0 bridgehead atoms. The van der Waals surface area contributed by atoms with Crippen LogP contribution in [0.1, 0.15) is 41.6 Å². The normalized spacial score (nSPS) is 22.8. The fraction of sp³-hybridized carbons (Fsp3) is 0.407. The second kappa shape index (κ2) is 12.2. The SMILES string of the molecule is O=C(NCCNC(=O)C1N=C(c2ccccc2)OC1C(F)(F)F)c1ccc(O[C@H]2CC[C@@H](C(=O)O)CC2)cc1. The van der Waals surface area contributed by atoms with E-state index in [9.17, 15) is 27.6 Å². The van der Waals surface area contributed by atoms with Gasteiger partial charge in [-0.05, 0) is 62.1 Å². The molecule has 0 radical (unpaired) electrons. The van der Waals surface area contributed by atoms with Crippen molar-refractivity contribution >= 4 is 23.7 Å². The average Bonchev–Trinajstić information content (AvgIpc) is 3.39. The number of carboxylic acid groups (broad SMARTS) is 1. The van der Waals surface area contributed by atoms with Gasteiger partial charge >= 0.3 is 12.1 Å². The van der Waals surface area contributed by atoms with Crippen LogP contribution in [0.3, 0.4) is 0 Å². The Bertz CT molecular complexity index is 1200. The van der Waals surface area contributed by atoms with Crippen LogP contribution in [-0.4, -0.2) is 66.3 Å². The first-order valence-corrected chi connectivity index (χ1v) is 12.5. The van der Waals surface area contributed by atoms with Crippen LogP contribution in [-0.2, 0) is 14.3 Å². The number of alkyl halides is 3. The molecule has 2 aliphatic rings. The third-order valence-corrected chi connectivity index (χ3v) is 6.55. The quantitative estimate of drug-likeness (QED) is 0.414. The molecule has 0 saturated heterocycles. The molecular weight excluding hydrogens is 519 g/mol. The number of halogens is 3. The average molecular weight is 548 g/mol. The first-order chi connectivity index (χ1) is 18.6. The summed E-state index contributed by atoms with van der Waals surface area (Å²) in [5, 5.41) is 14.1. The van der Waals surface area contributed by atoms with E-state index in [1.54, 1.807) is 42.5 Å². The lowest BCUT2D eigenvalue weighted by Gasteiger charge is -2.26. The summed E-state index contributed by atoms with van der Waals surface area (Å²) in [4.78, 5) is 39.8. The fourth-order valence-electron chi connectivity index (χ4n) is 4.45. The van der Waals surface area contributed by atoms with Crippen LogP contribution in [0, 0.1) is 5.92 Å². The minimum atomic E-state index is -4.80. The third-order valence-electron chi connectivity index (χ3n) is 6.55. The van der Waals surface area contributed by atoms with Gasteiger partial charge < -0.3 is 25.2 Å². The number of amides is 2. The summed E-state index contributed by atoms with van der Waals surface area (Å²) < 4.78 is 51.3. The summed E-state index contributed by atoms with van der Waals surface area (Å²) >= 11 is 0. The fourth-order valence-corrected chi connectivity index (χ4v) is 4.45. The maximum absolute atomic E-state index is 13.5. The second-order valence-electron chi connectivity index (χ2n) is 9.33. The Morgan fingerprint density at radius 2 is 1.59 bits per heavy atom. The van der Waals surface area contributed by atoms with Crippen molar-refractivity contribution < 1.29 is 42.1 Å². The van der Waals surface area contributed by atoms with Crippen molar-refractivity contribution in [2.24, 2.45) is 10.9 Å². The van der Waals surface area contributed by atoms with Crippen LogP contribution in [0.15, 0.2) is 59.6 Å². The Morgan fingerprint density at radius 3 is 2.21 bits per heavy atom. The van der Waals surface area contributed by atoms with Crippen molar-refractivity contribution in [3.05, 3.63) is 65.7 Å². The minimum absolute atomic E-state index is 0.0187. The van der Waals surface area contributed by atoms with Crippen molar-refractivity contribution in [1.29, 1.82) is 0 Å². The van der Waals surface area contributed by atoms with Crippen LogP contribution in [0.5, 0.6) is 5.75 Å². The maximum atomic E-state index is 13.5. The first kappa shape index (κ1) is 27.9. The molecule has 0 aromatic heterocycles. The van der Waals surface area contributed by atoms with Crippen molar-refractivity contribution in [1.82, 2.24) is 10.6 Å². The van der Waals surface area contributed by atoms with Gasteiger partial charge in [-0.2, -0.15) is 13.2 Å². The predicted octanol–water partition coefficient (Wildman–Crippen LogP) is 3.33. The second-order valence-corrected chi connectivity index (χ2v) is 9.33. The Balaban J connectivity index is 1.23. The zero-order valence-electron chi connectivity index (χ0n) is 20.8. The van der Waals surface area contributed by atoms with Gasteiger partial charge in [0, 0.05) is 24.2 Å². The van der Waals surface area contributed by atoms with Crippen molar-refractivity contribution in [2.45, 2.75) is 50.1 Å². The molecule has 3 N–H and O–H groups in total. The molecule has 1 aliphatic carbocycles. The van der Waals surface area contributed by atoms with E-state index in [1.807, 2.05) is 0 Å². The van der Waals surface area contributed by atoms with Crippen molar-refractivity contribution in [3.8, 4) is 5.75 Å². The number of aliphatic imine (C=N–C) groups is 1. The highest BCUT2D eigenvalue weighted by atomic mass is 19.4.